The number of nitrogens with one attached hydrogen (secondary N) is 2. The van der Waals surface area contributed by atoms with Gasteiger partial charge in [-0.2, -0.15) is 0 Å². The fourth-order valence-corrected chi connectivity index (χ4v) is 8.76. The number of fused-ring (bicyclic) bond motifs is 8. The molecule has 0 saturated carbocycles. The van der Waals surface area contributed by atoms with Crippen molar-refractivity contribution in [3.63, 3.8) is 0 Å². The lowest BCUT2D eigenvalue weighted by atomic mass is 10.0. The predicted molar refractivity (Wildman–Crippen MR) is 241 cm³/mol. The molecule has 6 aliphatic heterocycles. The van der Waals surface area contributed by atoms with Crippen molar-refractivity contribution < 1.29 is 57.4 Å². The van der Waals surface area contributed by atoms with E-state index in [2.05, 4.69) is 60.3 Å². The summed E-state index contributed by atoms with van der Waals surface area (Å²) in [5.74, 6) is -1.94. The average molecular weight is 957 g/mol. The summed E-state index contributed by atoms with van der Waals surface area (Å²) >= 11 is 0. The molecule has 0 spiro atoms. The third-order valence-electron chi connectivity index (χ3n) is 11.9. The summed E-state index contributed by atoms with van der Waals surface area (Å²) in [6.45, 7) is 11.7. The molecule has 4 saturated heterocycles. The van der Waals surface area contributed by atoms with Gasteiger partial charge in [-0.25, -0.2) is 59.0 Å². The van der Waals surface area contributed by atoms with Crippen molar-refractivity contribution in [1.29, 1.82) is 0 Å². The summed E-state index contributed by atoms with van der Waals surface area (Å²) in [5, 5.41) is 14.8. The van der Waals surface area contributed by atoms with Crippen LogP contribution in [0.5, 0.6) is 11.8 Å². The van der Waals surface area contributed by atoms with Gasteiger partial charge in [0, 0.05) is 26.2 Å². The van der Waals surface area contributed by atoms with Crippen LogP contribution in [0.15, 0.2) is 37.2 Å². The molecule has 6 aliphatic rings. The van der Waals surface area contributed by atoms with Crippen LogP contribution in [0.4, 0.5) is 44.2 Å². The smallest absolute Gasteiger partial charge is 0.376 e. The minimum absolute atomic E-state index is 0.105. The van der Waals surface area contributed by atoms with Gasteiger partial charge >= 0.3 is 24.0 Å². The summed E-state index contributed by atoms with van der Waals surface area (Å²) in [6.07, 6.45) is 11.7. The fraction of sp³-hybridized carbons (Fsp3) is 0.535. The number of rotatable bonds is 10. The quantitative estimate of drug-likeness (QED) is 0.192. The number of urea groups is 2. The van der Waals surface area contributed by atoms with Gasteiger partial charge in [-0.3, -0.25) is 20.4 Å². The molecule has 3 N–H and O–H groups in total. The highest BCUT2D eigenvalue weighted by atomic mass is 16.8. The van der Waals surface area contributed by atoms with Crippen molar-refractivity contribution in [2.75, 3.05) is 89.9 Å². The first kappa shape index (κ1) is 46.9. The molecule has 4 fully saturated rings. The topological polar surface area (TPSA) is 293 Å². The molecular weight excluding hydrogens is 905 g/mol. The number of carbonyl (C=O) groups excluding carboxylic acids is 3. The van der Waals surface area contributed by atoms with Gasteiger partial charge in [-0.15, -0.1) is 0 Å². The van der Waals surface area contributed by atoms with Gasteiger partial charge in [0.2, 0.25) is 23.4 Å². The Morgan fingerprint density at radius 2 is 1.13 bits per heavy atom. The maximum absolute atomic E-state index is 13.3. The van der Waals surface area contributed by atoms with E-state index in [9.17, 15) is 24.3 Å². The normalized spacial score (nSPS) is 22.6. The number of hydrogen-bond donors (Lipinski definition) is 3. The Bertz CT molecular complexity index is 2560. The Kier molecular flexibility index (Phi) is 13.2. The minimum Gasteiger partial charge on any atom is -0.475 e. The minimum atomic E-state index is -1.26. The molecule has 0 aliphatic carbocycles. The van der Waals surface area contributed by atoms with Crippen molar-refractivity contribution in [3.8, 4) is 11.8 Å². The standard InChI is InChI=1S/C22H27N7O6.C21H25N7O6/c1-22(2)34-12-14(35-22)11-33-17-9-23-16(8-24-17)26-21(31)29-13-5-4-6-28(10-13)15-7-25-18(20(30)32-3)27-19(15)29;1-21(2)33-11-13(34-21)10-32-16-8-22-15(7-23-16)25-20(31)28-12-4-3-5-27(9-12)14-6-24-17(19(29)30)26-18(14)28/h7-9,13-14H,4-6,10-12H2,1-3H3,(H,23,26,31);6-8,12-13H,3-5,9-11H2,1-2H3,(H,29,30)(H,22,25,31)/t13-,14-;12-,13-/m00/s1. The van der Waals surface area contributed by atoms with Crippen LogP contribution in [0.1, 0.15) is 74.6 Å². The SMILES string of the molecule is CC1(C)OC[C@H](COc2cnc(NC(=O)N3c4nc(C(=O)O)ncc4N4CCC[C@H]3C4)cn2)O1.COC(=O)c1ncc2c(n1)N(C(=O)Nc1cnc(OC[C@H]3COC(C)(C)O3)cn1)[C@H]1CCCN2C1. The van der Waals surface area contributed by atoms with Crippen molar-refractivity contribution in [3.05, 3.63) is 48.8 Å². The van der Waals surface area contributed by atoms with Gasteiger partial charge in [0.05, 0.1) is 81.0 Å². The van der Waals surface area contributed by atoms with E-state index in [-0.39, 0.29) is 72.5 Å². The number of ether oxygens (including phenoxy) is 7. The zero-order chi connectivity index (χ0) is 48.5. The summed E-state index contributed by atoms with van der Waals surface area (Å²) < 4.78 is 38.4. The van der Waals surface area contributed by atoms with E-state index >= 15 is 0 Å². The van der Waals surface area contributed by atoms with E-state index in [1.54, 1.807) is 11.1 Å². The maximum Gasteiger partial charge on any atom is 0.376 e. The molecule has 26 nitrogen and oxygen atoms in total. The molecule has 10 rings (SSSR count). The van der Waals surface area contributed by atoms with Gasteiger partial charge in [0.15, 0.2) is 34.8 Å². The molecule has 4 aromatic rings. The van der Waals surface area contributed by atoms with E-state index in [4.69, 9.17) is 33.2 Å². The molecule has 10 heterocycles. The van der Waals surface area contributed by atoms with Crippen LogP contribution in [-0.2, 0) is 23.7 Å². The summed E-state index contributed by atoms with van der Waals surface area (Å²) in [5.41, 5.74) is 1.33. The average Bonchev–Trinajstić information content (AvgIpc) is 3.89. The zero-order valence-electron chi connectivity index (χ0n) is 38.6. The Morgan fingerprint density at radius 3 is 1.54 bits per heavy atom. The van der Waals surface area contributed by atoms with Gasteiger partial charge in [0.25, 0.3) is 0 Å². The summed E-state index contributed by atoms with van der Waals surface area (Å²) in [7, 11) is 1.26. The molecular formula is C43H52N14O12. The van der Waals surface area contributed by atoms with E-state index in [0.717, 1.165) is 38.8 Å². The van der Waals surface area contributed by atoms with Crippen LogP contribution in [0, 0.1) is 0 Å². The first-order valence-electron chi connectivity index (χ1n) is 22.4. The largest absolute Gasteiger partial charge is 0.475 e. The Morgan fingerprint density at radius 1 is 0.667 bits per heavy atom. The number of amides is 4. The van der Waals surface area contributed by atoms with Crippen molar-refractivity contribution in [1.82, 2.24) is 39.9 Å². The number of carboxylic acid groups (broad SMARTS) is 1. The number of hydrogen-bond acceptors (Lipinski definition) is 21. The number of carboxylic acids is 1. The van der Waals surface area contributed by atoms with E-state index < -0.39 is 35.6 Å². The van der Waals surface area contributed by atoms with Gasteiger partial charge in [-0.05, 0) is 53.4 Å². The number of methoxy groups -OCH3 is 1. The number of aromatic nitrogens is 8. The molecule has 26 heteroatoms. The van der Waals surface area contributed by atoms with Crippen molar-refractivity contribution >= 4 is 58.6 Å². The molecule has 0 unspecified atom stereocenters. The van der Waals surface area contributed by atoms with Crippen molar-refractivity contribution in [2.45, 2.75) is 89.2 Å². The van der Waals surface area contributed by atoms with Crippen LogP contribution in [0.2, 0.25) is 0 Å². The Balaban J connectivity index is 0.000000172. The van der Waals surface area contributed by atoms with Crippen LogP contribution in [0.25, 0.3) is 0 Å². The molecule has 0 radical (unpaired) electrons. The molecule has 366 valence electrons. The third kappa shape index (κ3) is 10.6. The molecule has 0 aromatic carbocycles. The molecule has 69 heavy (non-hydrogen) atoms. The highest BCUT2D eigenvalue weighted by molar-refractivity contribution is 6.05. The third-order valence-corrected chi connectivity index (χ3v) is 11.9. The lowest BCUT2D eigenvalue weighted by Gasteiger charge is -2.45. The van der Waals surface area contributed by atoms with Crippen LogP contribution in [0.3, 0.4) is 0 Å². The molecule has 4 bridgehead atoms. The summed E-state index contributed by atoms with van der Waals surface area (Å²) in [6, 6.07) is -1.14. The highest BCUT2D eigenvalue weighted by Crippen LogP contribution is 2.39. The van der Waals surface area contributed by atoms with Gasteiger partial charge in [0.1, 0.15) is 25.4 Å². The number of anilines is 6. The van der Waals surface area contributed by atoms with Crippen LogP contribution < -0.4 is 39.7 Å². The predicted octanol–water partition coefficient (Wildman–Crippen LogP) is 3.12. The van der Waals surface area contributed by atoms with E-state index in [0.29, 0.717) is 49.4 Å². The van der Waals surface area contributed by atoms with Gasteiger partial charge in [-0.1, -0.05) is 0 Å². The zero-order valence-corrected chi connectivity index (χ0v) is 38.6. The highest BCUT2D eigenvalue weighted by Gasteiger charge is 2.41. The molecule has 4 atom stereocenters. The number of piperidine rings is 2. The molecule has 4 amide bonds. The number of nitrogens with zero attached hydrogens (tertiary/aromatic N) is 12. The second-order valence-electron chi connectivity index (χ2n) is 17.7. The van der Waals surface area contributed by atoms with E-state index in [1.807, 2.05) is 27.7 Å². The molecule has 4 aromatic heterocycles. The second kappa shape index (κ2) is 19.4. The Hall–Kier alpha value is -7.16. The lowest BCUT2D eigenvalue weighted by Crippen LogP contribution is -2.56. The van der Waals surface area contributed by atoms with Crippen LogP contribution in [-0.4, -0.2) is 165 Å². The summed E-state index contributed by atoms with van der Waals surface area (Å²) in [4.78, 5) is 90.6. The first-order valence-corrected chi connectivity index (χ1v) is 22.4. The number of esters is 1. The van der Waals surface area contributed by atoms with E-state index in [1.165, 1.54) is 43.0 Å². The van der Waals surface area contributed by atoms with Gasteiger partial charge < -0.3 is 48.1 Å². The fourth-order valence-electron chi connectivity index (χ4n) is 8.76. The Labute approximate surface area is 395 Å². The lowest BCUT2D eigenvalue weighted by molar-refractivity contribution is -0.142. The number of carbonyl (C=O) groups is 4. The number of aromatic carboxylic acids is 1. The first-order chi connectivity index (χ1) is 33.1. The monoisotopic (exact) mass is 956 g/mol. The maximum atomic E-state index is 13.3. The van der Waals surface area contributed by atoms with Crippen LogP contribution >= 0.6 is 0 Å². The second-order valence-corrected chi connectivity index (χ2v) is 17.7. The van der Waals surface area contributed by atoms with Crippen molar-refractivity contribution in [2.24, 2.45) is 0 Å².